The van der Waals surface area contributed by atoms with Crippen LogP contribution in [0, 0.1) is 13.8 Å². The van der Waals surface area contributed by atoms with Crippen LogP contribution in [0.5, 0.6) is 0 Å². The van der Waals surface area contributed by atoms with Crippen molar-refractivity contribution >= 4 is 6.08 Å². The molecule has 17 heavy (non-hydrogen) atoms. The lowest BCUT2D eigenvalue weighted by Crippen LogP contribution is -2.02. The molecule has 1 rings (SSSR count). The summed E-state index contributed by atoms with van der Waals surface area (Å²) in [6, 6.07) is 6.53. The molecule has 2 nitrogen and oxygen atoms in total. The minimum Gasteiger partial charge on any atom is -0.380 e. The van der Waals surface area contributed by atoms with E-state index >= 15 is 0 Å². The molecule has 0 fully saturated rings. The van der Waals surface area contributed by atoms with E-state index in [9.17, 15) is 0 Å². The number of methoxy groups -OCH3 is 1. The van der Waals surface area contributed by atoms with Gasteiger partial charge in [0.1, 0.15) is 0 Å². The fraction of sp³-hybridized carbons (Fsp3) is 0.467. The van der Waals surface area contributed by atoms with Crippen molar-refractivity contribution in [2.45, 2.75) is 26.7 Å². The average molecular weight is 233 g/mol. The smallest absolute Gasteiger partial charge is 0.0676 e. The van der Waals surface area contributed by atoms with Crippen molar-refractivity contribution in [2.75, 3.05) is 20.3 Å². The molecule has 0 saturated heterocycles. The molecular formula is C15H23NO. The first-order chi connectivity index (χ1) is 8.17. The molecule has 2 heteroatoms. The van der Waals surface area contributed by atoms with Crippen molar-refractivity contribution in [1.29, 1.82) is 0 Å². The molecule has 0 amide bonds. The van der Waals surface area contributed by atoms with Gasteiger partial charge in [0.15, 0.2) is 0 Å². The van der Waals surface area contributed by atoms with Crippen molar-refractivity contribution < 1.29 is 4.74 Å². The summed E-state index contributed by atoms with van der Waals surface area (Å²) < 4.78 is 5.22. The molecule has 1 aromatic rings. The Kier molecular flexibility index (Phi) is 5.95. The minimum absolute atomic E-state index is 0.687. The maximum atomic E-state index is 5.54. The summed E-state index contributed by atoms with van der Waals surface area (Å²) in [5.41, 5.74) is 10.8. The standard InChI is InChI=1S/C15H23NO/c1-12-6-7-14(9-13(12)2)10-15(11-17-3)5-4-8-16/h6-7,9-10H,4-5,8,11,16H2,1-3H3/b15-10+. The first-order valence-corrected chi connectivity index (χ1v) is 6.13. The van der Waals surface area contributed by atoms with Crippen LogP contribution < -0.4 is 5.73 Å². The number of benzene rings is 1. The molecule has 0 unspecified atom stereocenters. The van der Waals surface area contributed by atoms with Gasteiger partial charge < -0.3 is 10.5 Å². The number of hydrogen-bond acceptors (Lipinski definition) is 2. The van der Waals surface area contributed by atoms with Gasteiger partial charge in [0.25, 0.3) is 0 Å². The second-order valence-electron chi connectivity index (χ2n) is 4.47. The van der Waals surface area contributed by atoms with Gasteiger partial charge in [-0.2, -0.15) is 0 Å². The third-order valence-corrected chi connectivity index (χ3v) is 2.93. The van der Waals surface area contributed by atoms with Gasteiger partial charge in [-0.1, -0.05) is 24.3 Å². The lowest BCUT2D eigenvalue weighted by Gasteiger charge is -2.07. The second kappa shape index (κ2) is 7.25. The van der Waals surface area contributed by atoms with Crippen LogP contribution in [0.3, 0.4) is 0 Å². The highest BCUT2D eigenvalue weighted by molar-refractivity contribution is 5.55. The van der Waals surface area contributed by atoms with Gasteiger partial charge in [0.05, 0.1) is 6.61 Å². The zero-order valence-electron chi connectivity index (χ0n) is 11.1. The topological polar surface area (TPSA) is 35.2 Å². The van der Waals surface area contributed by atoms with Crippen LogP contribution in [-0.2, 0) is 4.74 Å². The molecular weight excluding hydrogens is 210 g/mol. The van der Waals surface area contributed by atoms with E-state index in [4.69, 9.17) is 10.5 Å². The predicted octanol–water partition coefficient (Wildman–Crippen LogP) is 3.07. The van der Waals surface area contributed by atoms with Gasteiger partial charge in [-0.25, -0.2) is 0 Å². The molecule has 0 aliphatic rings. The van der Waals surface area contributed by atoms with E-state index in [1.807, 2.05) is 0 Å². The molecule has 0 aromatic heterocycles. The fourth-order valence-electron chi connectivity index (χ4n) is 1.79. The number of aryl methyl sites for hydroxylation is 2. The van der Waals surface area contributed by atoms with Crippen LogP contribution in [0.4, 0.5) is 0 Å². The highest BCUT2D eigenvalue weighted by Crippen LogP contribution is 2.15. The Balaban J connectivity index is 2.83. The van der Waals surface area contributed by atoms with Crippen LogP contribution in [0.15, 0.2) is 23.8 Å². The van der Waals surface area contributed by atoms with Crippen molar-refractivity contribution in [3.63, 3.8) is 0 Å². The summed E-state index contributed by atoms with van der Waals surface area (Å²) in [5, 5.41) is 0. The predicted molar refractivity (Wildman–Crippen MR) is 74.1 cm³/mol. The molecule has 2 N–H and O–H groups in total. The lowest BCUT2D eigenvalue weighted by molar-refractivity contribution is 0.223. The van der Waals surface area contributed by atoms with Crippen LogP contribution in [0.2, 0.25) is 0 Å². The Morgan fingerprint density at radius 3 is 2.65 bits per heavy atom. The quantitative estimate of drug-likeness (QED) is 0.819. The molecule has 0 bridgehead atoms. The zero-order chi connectivity index (χ0) is 12.7. The normalized spacial score (nSPS) is 11.9. The van der Waals surface area contributed by atoms with E-state index in [2.05, 4.69) is 38.1 Å². The van der Waals surface area contributed by atoms with E-state index in [1.54, 1.807) is 7.11 Å². The molecule has 0 atom stereocenters. The number of hydrogen-bond donors (Lipinski definition) is 1. The third kappa shape index (κ3) is 4.72. The average Bonchev–Trinajstić information content (AvgIpc) is 2.31. The van der Waals surface area contributed by atoms with Gasteiger partial charge in [-0.05, 0) is 55.5 Å². The number of nitrogens with two attached hydrogens (primary N) is 1. The molecule has 0 saturated carbocycles. The first-order valence-electron chi connectivity index (χ1n) is 6.13. The van der Waals surface area contributed by atoms with Crippen molar-refractivity contribution in [2.24, 2.45) is 5.73 Å². The minimum atomic E-state index is 0.687. The van der Waals surface area contributed by atoms with E-state index in [0.29, 0.717) is 6.61 Å². The van der Waals surface area contributed by atoms with E-state index in [1.165, 1.54) is 22.3 Å². The van der Waals surface area contributed by atoms with Crippen LogP contribution in [-0.4, -0.2) is 20.3 Å². The number of rotatable bonds is 6. The summed E-state index contributed by atoms with van der Waals surface area (Å²) in [6.07, 6.45) is 4.24. The highest BCUT2D eigenvalue weighted by Gasteiger charge is 1.99. The Labute approximate surface area is 104 Å². The molecule has 94 valence electrons. The van der Waals surface area contributed by atoms with Gasteiger partial charge in [0, 0.05) is 7.11 Å². The van der Waals surface area contributed by atoms with Gasteiger partial charge in [-0.3, -0.25) is 0 Å². The Bertz CT molecular complexity index is 383. The first kappa shape index (κ1) is 13.9. The fourth-order valence-corrected chi connectivity index (χ4v) is 1.79. The van der Waals surface area contributed by atoms with Gasteiger partial charge >= 0.3 is 0 Å². The molecule has 0 aliphatic carbocycles. The molecule has 1 aromatic carbocycles. The SMILES string of the molecule is COC/C(=C/c1ccc(C)c(C)c1)CCCN. The highest BCUT2D eigenvalue weighted by atomic mass is 16.5. The van der Waals surface area contributed by atoms with Gasteiger partial charge in [-0.15, -0.1) is 0 Å². The van der Waals surface area contributed by atoms with Crippen molar-refractivity contribution in [3.05, 3.63) is 40.5 Å². The van der Waals surface area contributed by atoms with Crippen molar-refractivity contribution in [1.82, 2.24) is 0 Å². The number of ether oxygens (including phenoxy) is 1. The zero-order valence-corrected chi connectivity index (χ0v) is 11.1. The molecule has 0 heterocycles. The van der Waals surface area contributed by atoms with Crippen LogP contribution in [0.25, 0.3) is 6.08 Å². The van der Waals surface area contributed by atoms with Crippen LogP contribution >= 0.6 is 0 Å². The van der Waals surface area contributed by atoms with E-state index in [-0.39, 0.29) is 0 Å². The van der Waals surface area contributed by atoms with E-state index in [0.717, 1.165) is 19.4 Å². The second-order valence-corrected chi connectivity index (χ2v) is 4.47. The summed E-state index contributed by atoms with van der Waals surface area (Å²) in [5.74, 6) is 0. The largest absolute Gasteiger partial charge is 0.380 e. The Hall–Kier alpha value is -1.12. The summed E-state index contributed by atoms with van der Waals surface area (Å²) in [6.45, 7) is 5.69. The summed E-state index contributed by atoms with van der Waals surface area (Å²) >= 11 is 0. The lowest BCUT2D eigenvalue weighted by atomic mass is 10.0. The van der Waals surface area contributed by atoms with Crippen LogP contribution in [0.1, 0.15) is 29.5 Å². The monoisotopic (exact) mass is 233 g/mol. The summed E-state index contributed by atoms with van der Waals surface area (Å²) in [4.78, 5) is 0. The maximum absolute atomic E-state index is 5.54. The summed E-state index contributed by atoms with van der Waals surface area (Å²) in [7, 11) is 1.73. The molecule has 0 aliphatic heterocycles. The van der Waals surface area contributed by atoms with E-state index < -0.39 is 0 Å². The molecule has 0 radical (unpaired) electrons. The Morgan fingerprint density at radius 1 is 1.29 bits per heavy atom. The Morgan fingerprint density at radius 2 is 2.06 bits per heavy atom. The maximum Gasteiger partial charge on any atom is 0.0676 e. The van der Waals surface area contributed by atoms with Gasteiger partial charge in [0.2, 0.25) is 0 Å². The van der Waals surface area contributed by atoms with Crippen molar-refractivity contribution in [3.8, 4) is 0 Å². The molecule has 0 spiro atoms. The third-order valence-electron chi connectivity index (χ3n) is 2.93.